The van der Waals surface area contributed by atoms with Crippen LogP contribution in [0, 0.1) is 0 Å². The minimum atomic E-state index is -0.0383. The summed E-state index contributed by atoms with van der Waals surface area (Å²) >= 11 is 3.91. The van der Waals surface area contributed by atoms with Crippen LogP contribution in [0.15, 0.2) is 30.6 Å². The third-order valence-corrected chi connectivity index (χ3v) is 5.70. The number of hydrogen-bond acceptors (Lipinski definition) is 8. The molecule has 38 heavy (non-hydrogen) atoms. The second kappa shape index (κ2) is 35.2. The van der Waals surface area contributed by atoms with Crippen LogP contribution in [0.3, 0.4) is 0 Å². The summed E-state index contributed by atoms with van der Waals surface area (Å²) in [5, 5.41) is 8.06. The van der Waals surface area contributed by atoms with Crippen molar-refractivity contribution in [3.8, 4) is 0 Å². The fourth-order valence-electron chi connectivity index (χ4n) is 2.78. The van der Waals surface area contributed by atoms with E-state index < -0.39 is 0 Å². The number of hydrogen-bond donors (Lipinski definition) is 4. The SMILES string of the molecule is C.CCOCNC(=O)CCSS.CNC(=O)CCCCCCCCCCNC(=O)COC.c1ccncc1. The van der Waals surface area contributed by atoms with Gasteiger partial charge in [-0.2, -0.15) is 0 Å². The molecule has 0 saturated carbocycles. The number of methoxy groups -OCH3 is 1. The largest absolute Gasteiger partial charge is 0.375 e. The Hall–Kier alpha value is -1.82. The molecule has 3 amide bonds. The summed E-state index contributed by atoms with van der Waals surface area (Å²) in [6, 6.07) is 5.72. The van der Waals surface area contributed by atoms with Crippen molar-refractivity contribution in [3.63, 3.8) is 0 Å². The Labute approximate surface area is 240 Å². The first-order valence-corrected chi connectivity index (χ1v) is 15.0. The number of rotatable bonds is 19. The lowest BCUT2D eigenvalue weighted by molar-refractivity contribution is -0.125. The molecule has 0 spiro atoms. The molecule has 0 bridgehead atoms. The summed E-state index contributed by atoms with van der Waals surface area (Å²) in [5.41, 5.74) is 0. The Morgan fingerprint density at radius 1 is 0.842 bits per heavy atom. The van der Waals surface area contributed by atoms with Gasteiger partial charge in [-0.1, -0.05) is 62.8 Å². The van der Waals surface area contributed by atoms with Crippen molar-refractivity contribution in [3.05, 3.63) is 30.6 Å². The Balaban J connectivity index is -0.000000565. The summed E-state index contributed by atoms with van der Waals surface area (Å²) in [4.78, 5) is 36.7. The zero-order valence-electron chi connectivity index (χ0n) is 22.8. The molecule has 0 atom stereocenters. The standard InChI is InChI=1S/C15H30N2O3.C6H13NO2S2.C5H5N.CH4/c1-16-14(18)11-9-7-5-3-4-6-8-10-12-17-15(19)13-20-2;1-2-9-5-7-6(8)3-4-11-10;1-2-4-6-5-3-1;/h3-13H2,1-2H3,(H,16,18)(H,17,19);10H,2-5H2,1H3,(H,7,8);1-5H;1H4. The van der Waals surface area contributed by atoms with Gasteiger partial charge in [0.15, 0.2) is 0 Å². The van der Waals surface area contributed by atoms with Crippen molar-refractivity contribution in [2.45, 2.75) is 78.6 Å². The lowest BCUT2D eigenvalue weighted by atomic mass is 10.1. The Bertz CT molecular complexity index is 616. The lowest BCUT2D eigenvalue weighted by Gasteiger charge is -2.04. The molecule has 0 aliphatic heterocycles. The number of carbonyl (C=O) groups excluding carboxylic acids is 3. The minimum Gasteiger partial charge on any atom is -0.375 e. The molecule has 1 aromatic heterocycles. The van der Waals surface area contributed by atoms with E-state index >= 15 is 0 Å². The molecule has 0 saturated heterocycles. The highest BCUT2D eigenvalue weighted by Crippen LogP contribution is 2.09. The molecular formula is C27H52N4O5S2. The maximum Gasteiger partial charge on any atom is 0.245 e. The Morgan fingerprint density at radius 3 is 1.92 bits per heavy atom. The number of unbranched alkanes of at least 4 members (excludes halogenated alkanes) is 7. The normalized spacial score (nSPS) is 9.47. The first kappa shape index (κ1) is 40.7. The maximum absolute atomic E-state index is 11.1. The van der Waals surface area contributed by atoms with Gasteiger partial charge < -0.3 is 25.4 Å². The molecule has 0 aliphatic carbocycles. The Kier molecular flexibility index (Phi) is 37.7. The topological polar surface area (TPSA) is 119 Å². The molecule has 0 fully saturated rings. The third-order valence-electron chi connectivity index (χ3n) is 4.77. The van der Waals surface area contributed by atoms with Crippen molar-refractivity contribution in [2.75, 3.05) is 46.4 Å². The van der Waals surface area contributed by atoms with E-state index in [0.717, 1.165) is 38.0 Å². The van der Waals surface area contributed by atoms with Gasteiger partial charge in [-0.05, 0) is 31.9 Å². The van der Waals surface area contributed by atoms with E-state index in [1.807, 2.05) is 25.1 Å². The van der Waals surface area contributed by atoms with Gasteiger partial charge in [-0.3, -0.25) is 19.4 Å². The van der Waals surface area contributed by atoms with Crippen LogP contribution in [0.5, 0.6) is 0 Å². The summed E-state index contributed by atoms with van der Waals surface area (Å²) < 4.78 is 9.66. The minimum absolute atomic E-state index is 0. The predicted octanol–water partition coefficient (Wildman–Crippen LogP) is 4.79. The molecule has 3 N–H and O–H groups in total. The fraction of sp³-hybridized carbons (Fsp3) is 0.704. The van der Waals surface area contributed by atoms with E-state index in [0.29, 0.717) is 26.2 Å². The first-order valence-electron chi connectivity index (χ1n) is 12.9. The van der Waals surface area contributed by atoms with Crippen molar-refractivity contribution >= 4 is 40.2 Å². The van der Waals surface area contributed by atoms with E-state index in [-0.39, 0.29) is 31.8 Å². The number of aromatic nitrogens is 1. The van der Waals surface area contributed by atoms with Gasteiger partial charge in [0, 0.05) is 58.3 Å². The molecule has 9 nitrogen and oxygen atoms in total. The average molecular weight is 577 g/mol. The van der Waals surface area contributed by atoms with Crippen LogP contribution in [-0.4, -0.2) is 69.1 Å². The smallest absolute Gasteiger partial charge is 0.245 e. The predicted molar refractivity (Wildman–Crippen MR) is 162 cm³/mol. The second-order valence-electron chi connectivity index (χ2n) is 7.88. The quantitative estimate of drug-likeness (QED) is 0.0809. The third kappa shape index (κ3) is 36.3. The van der Waals surface area contributed by atoms with Gasteiger partial charge in [0.05, 0.1) is 0 Å². The summed E-state index contributed by atoms with van der Waals surface area (Å²) in [6.07, 6.45) is 13.9. The molecule has 11 heteroatoms. The fourth-order valence-corrected chi connectivity index (χ4v) is 3.33. The molecule has 1 rings (SSSR count). The first-order chi connectivity index (χ1) is 18.0. The highest BCUT2D eigenvalue weighted by molar-refractivity contribution is 8.68. The highest BCUT2D eigenvalue weighted by Gasteiger charge is 1.99. The van der Waals surface area contributed by atoms with Crippen molar-refractivity contribution in [2.24, 2.45) is 0 Å². The second-order valence-corrected chi connectivity index (χ2v) is 9.32. The molecular weight excluding hydrogens is 524 g/mol. The average Bonchev–Trinajstić information content (AvgIpc) is 2.92. The monoisotopic (exact) mass is 576 g/mol. The zero-order valence-corrected chi connectivity index (χ0v) is 24.5. The number of pyridine rings is 1. The highest BCUT2D eigenvalue weighted by atomic mass is 33.1. The molecule has 0 radical (unpaired) electrons. The molecule has 0 unspecified atom stereocenters. The van der Waals surface area contributed by atoms with Crippen LogP contribution >= 0.6 is 22.5 Å². The zero-order chi connectivity index (χ0) is 27.8. The van der Waals surface area contributed by atoms with Gasteiger partial charge >= 0.3 is 0 Å². The number of ether oxygens (including phenoxy) is 2. The number of thiol groups is 1. The van der Waals surface area contributed by atoms with E-state index in [1.54, 1.807) is 19.4 Å². The molecule has 1 heterocycles. The van der Waals surface area contributed by atoms with Crippen LogP contribution in [0.25, 0.3) is 0 Å². The van der Waals surface area contributed by atoms with Crippen molar-refractivity contribution in [1.82, 2.24) is 20.9 Å². The van der Waals surface area contributed by atoms with Gasteiger partial charge in [0.25, 0.3) is 0 Å². The molecule has 1 aromatic rings. The number of nitrogens with zero attached hydrogens (tertiary/aromatic N) is 1. The van der Waals surface area contributed by atoms with E-state index in [4.69, 9.17) is 9.47 Å². The van der Waals surface area contributed by atoms with Gasteiger partial charge in [0.1, 0.15) is 13.3 Å². The van der Waals surface area contributed by atoms with Crippen molar-refractivity contribution < 1.29 is 23.9 Å². The van der Waals surface area contributed by atoms with E-state index in [2.05, 4.69) is 32.6 Å². The molecule has 0 aromatic carbocycles. The van der Waals surface area contributed by atoms with E-state index in [1.165, 1.54) is 43.6 Å². The van der Waals surface area contributed by atoms with Crippen LogP contribution in [0.1, 0.15) is 78.6 Å². The number of carbonyl (C=O) groups is 3. The van der Waals surface area contributed by atoms with Crippen LogP contribution < -0.4 is 16.0 Å². The van der Waals surface area contributed by atoms with Gasteiger partial charge in [0.2, 0.25) is 17.7 Å². The van der Waals surface area contributed by atoms with E-state index in [9.17, 15) is 14.4 Å². The Morgan fingerprint density at radius 2 is 1.45 bits per heavy atom. The molecule has 0 aliphatic rings. The lowest BCUT2D eigenvalue weighted by Crippen LogP contribution is -2.27. The van der Waals surface area contributed by atoms with Crippen molar-refractivity contribution in [1.29, 1.82) is 0 Å². The summed E-state index contributed by atoms with van der Waals surface area (Å²) in [6.45, 7) is 3.72. The maximum atomic E-state index is 11.1. The number of nitrogens with one attached hydrogen (secondary N) is 3. The van der Waals surface area contributed by atoms with Gasteiger partial charge in [-0.25, -0.2) is 0 Å². The summed E-state index contributed by atoms with van der Waals surface area (Å²) in [5.74, 6) is 0.852. The molecule has 222 valence electrons. The van der Waals surface area contributed by atoms with Crippen LogP contribution in [-0.2, 0) is 23.9 Å². The van der Waals surface area contributed by atoms with Gasteiger partial charge in [-0.15, -0.1) is 11.7 Å². The van der Waals surface area contributed by atoms with Crippen LogP contribution in [0.4, 0.5) is 0 Å². The number of amides is 3. The summed E-state index contributed by atoms with van der Waals surface area (Å²) in [7, 11) is 4.56. The van der Waals surface area contributed by atoms with Crippen LogP contribution in [0.2, 0.25) is 0 Å².